The van der Waals surface area contributed by atoms with E-state index < -0.39 is 41.1 Å². The van der Waals surface area contributed by atoms with Crippen molar-refractivity contribution in [1.29, 1.82) is 0 Å². The van der Waals surface area contributed by atoms with Gasteiger partial charge >= 0.3 is 5.97 Å². The summed E-state index contributed by atoms with van der Waals surface area (Å²) in [4.78, 5) is 44.8. The molecule has 6 atom stereocenters. The van der Waals surface area contributed by atoms with E-state index in [1.807, 2.05) is 26.0 Å². The van der Waals surface area contributed by atoms with Gasteiger partial charge in [0.2, 0.25) is 5.91 Å². The van der Waals surface area contributed by atoms with E-state index in [-0.39, 0.29) is 31.6 Å². The van der Waals surface area contributed by atoms with Crippen molar-refractivity contribution in [1.82, 2.24) is 4.90 Å². The van der Waals surface area contributed by atoms with Crippen LogP contribution in [0.4, 0.5) is 5.69 Å². The lowest BCUT2D eigenvalue weighted by molar-refractivity contribution is -0.159. The van der Waals surface area contributed by atoms with Gasteiger partial charge in [0.05, 0.1) is 25.7 Å². The van der Waals surface area contributed by atoms with E-state index in [0.29, 0.717) is 24.3 Å². The predicted octanol–water partition coefficient (Wildman–Crippen LogP) is 1.84. The zero-order valence-corrected chi connectivity index (χ0v) is 20.8. The zero-order valence-electron chi connectivity index (χ0n) is 20.8. The fourth-order valence-corrected chi connectivity index (χ4v) is 6.34. The fourth-order valence-electron chi connectivity index (χ4n) is 6.34. The summed E-state index contributed by atoms with van der Waals surface area (Å²) in [7, 11) is 1.57. The Bertz CT molecular complexity index is 1110. The van der Waals surface area contributed by atoms with E-state index in [2.05, 4.69) is 0 Å². The summed E-state index contributed by atoms with van der Waals surface area (Å²) in [5.74, 6) is -2.40. The summed E-state index contributed by atoms with van der Waals surface area (Å²) in [6.07, 6.45) is 8.05. The normalized spacial score (nSPS) is 34.0. The molecule has 9 heteroatoms. The van der Waals surface area contributed by atoms with Crippen LogP contribution in [0.5, 0.6) is 5.75 Å². The first kappa shape index (κ1) is 24.5. The molecular formula is C27H32N2O7. The Morgan fingerprint density at radius 2 is 1.83 bits per heavy atom. The number of esters is 1. The van der Waals surface area contributed by atoms with Gasteiger partial charge < -0.3 is 29.1 Å². The second kappa shape index (κ2) is 9.05. The molecule has 192 valence electrons. The molecule has 1 aromatic carbocycles. The summed E-state index contributed by atoms with van der Waals surface area (Å²) in [5, 5.41) is 10.2. The summed E-state index contributed by atoms with van der Waals surface area (Å²) >= 11 is 0. The first-order chi connectivity index (χ1) is 17.4. The molecule has 1 N–H and O–H groups in total. The summed E-state index contributed by atoms with van der Waals surface area (Å²) in [6, 6.07) is 5.47. The average Bonchev–Trinajstić information content (AvgIpc) is 3.17. The molecule has 0 saturated carbocycles. The van der Waals surface area contributed by atoms with Crippen molar-refractivity contribution in [2.24, 2.45) is 11.8 Å². The maximum atomic E-state index is 14.3. The average molecular weight is 497 g/mol. The Morgan fingerprint density at radius 1 is 1.08 bits per heavy atom. The molecule has 4 heterocycles. The Hall–Kier alpha value is -3.17. The smallest absolute Gasteiger partial charge is 0.313 e. The van der Waals surface area contributed by atoms with E-state index in [9.17, 15) is 19.5 Å². The number of hydrogen-bond donors (Lipinski definition) is 1. The fraction of sp³-hybridized carbons (Fsp3) is 0.519. The number of anilines is 1. The lowest BCUT2D eigenvalue weighted by Crippen LogP contribution is -2.59. The topological polar surface area (TPSA) is 106 Å². The summed E-state index contributed by atoms with van der Waals surface area (Å²) in [6.45, 7) is 3.82. The lowest BCUT2D eigenvalue weighted by Gasteiger charge is -2.40. The highest BCUT2D eigenvalue weighted by atomic mass is 16.6. The molecule has 0 aromatic heterocycles. The van der Waals surface area contributed by atoms with Gasteiger partial charge in [-0.3, -0.25) is 14.4 Å². The maximum absolute atomic E-state index is 14.3. The van der Waals surface area contributed by atoms with Crippen LogP contribution >= 0.6 is 0 Å². The number of aliphatic hydroxyl groups is 1. The molecule has 0 bridgehead atoms. The number of hydrogen-bond acceptors (Lipinski definition) is 7. The minimum Gasteiger partial charge on any atom is -0.497 e. The van der Waals surface area contributed by atoms with E-state index in [4.69, 9.17) is 14.2 Å². The number of methoxy groups -OCH3 is 1. The number of fused-ring (bicyclic) bond motifs is 2. The maximum Gasteiger partial charge on any atom is 0.313 e. The predicted molar refractivity (Wildman–Crippen MR) is 130 cm³/mol. The number of ether oxygens (including phenoxy) is 3. The van der Waals surface area contributed by atoms with Gasteiger partial charge in [-0.15, -0.1) is 0 Å². The molecule has 36 heavy (non-hydrogen) atoms. The molecular weight excluding hydrogens is 464 g/mol. The van der Waals surface area contributed by atoms with E-state index in [0.717, 1.165) is 0 Å². The van der Waals surface area contributed by atoms with Crippen LogP contribution in [0.25, 0.3) is 0 Å². The molecule has 2 amide bonds. The first-order valence-corrected chi connectivity index (χ1v) is 12.5. The number of cyclic esters (lactones) is 1. The molecule has 5 rings (SSSR count). The second-order valence-electron chi connectivity index (χ2n) is 9.69. The van der Waals surface area contributed by atoms with Crippen LogP contribution in [0.15, 0.2) is 48.6 Å². The Labute approximate surface area is 210 Å². The number of carbonyl (C=O) groups is 3. The van der Waals surface area contributed by atoms with Crippen molar-refractivity contribution in [3.63, 3.8) is 0 Å². The number of benzene rings is 1. The van der Waals surface area contributed by atoms with Crippen LogP contribution in [0.2, 0.25) is 0 Å². The Balaban J connectivity index is 1.67. The molecule has 0 aliphatic carbocycles. The van der Waals surface area contributed by atoms with Gasteiger partial charge in [0.25, 0.3) is 5.91 Å². The number of carbonyl (C=O) groups excluding carboxylic acids is 3. The Kier molecular flexibility index (Phi) is 6.16. The molecule has 4 aliphatic heterocycles. The van der Waals surface area contributed by atoms with Gasteiger partial charge in [0.1, 0.15) is 35.5 Å². The van der Waals surface area contributed by atoms with Gasteiger partial charge in [-0.2, -0.15) is 0 Å². The van der Waals surface area contributed by atoms with Crippen molar-refractivity contribution in [2.45, 2.75) is 50.0 Å². The van der Waals surface area contributed by atoms with Crippen LogP contribution in [-0.4, -0.2) is 77.9 Å². The van der Waals surface area contributed by atoms with E-state index in [1.165, 1.54) is 4.90 Å². The standard InChI is InChI=1S/C27H32N2O7/c1-4-17(16-30)29-22-24(32)28(18-8-10-19(34-3)11-9-18)14-6-13-27(22)20(23(29)31)21-25(33)35-15-7-12-26(21,5-2)36-27/h6-13,17,20-22,30H,4-5,14-16H2,1-3H3/t17-,20-,21+,22?,26-,27-/m0/s1. The van der Waals surface area contributed by atoms with Crippen LogP contribution in [-0.2, 0) is 23.9 Å². The largest absolute Gasteiger partial charge is 0.497 e. The van der Waals surface area contributed by atoms with Gasteiger partial charge in [0.15, 0.2) is 0 Å². The van der Waals surface area contributed by atoms with E-state index in [1.54, 1.807) is 48.4 Å². The van der Waals surface area contributed by atoms with Crippen molar-refractivity contribution in [3.05, 3.63) is 48.6 Å². The highest BCUT2D eigenvalue weighted by Gasteiger charge is 2.76. The number of nitrogens with zero attached hydrogens (tertiary/aromatic N) is 2. The number of aliphatic hydroxyl groups excluding tert-OH is 1. The molecule has 4 aliphatic rings. The molecule has 1 aromatic rings. The molecule has 2 saturated heterocycles. The minimum absolute atomic E-state index is 0.107. The van der Waals surface area contributed by atoms with Crippen molar-refractivity contribution in [2.75, 3.05) is 31.8 Å². The Morgan fingerprint density at radius 3 is 2.47 bits per heavy atom. The molecule has 9 nitrogen and oxygen atoms in total. The third-order valence-electron chi connectivity index (χ3n) is 8.09. The second-order valence-corrected chi connectivity index (χ2v) is 9.69. The SMILES string of the molecule is CC[C@@H](CO)N1C(=O)[C@@H]2[C@@H]3C(=O)OCC=C[C@]3(CC)O[C@@]23C=CCN(c2ccc(OC)cc2)C(=O)C13. The monoisotopic (exact) mass is 496 g/mol. The van der Waals surface area contributed by atoms with Crippen molar-refractivity contribution in [3.8, 4) is 5.75 Å². The van der Waals surface area contributed by atoms with Gasteiger partial charge in [-0.25, -0.2) is 0 Å². The van der Waals surface area contributed by atoms with Crippen LogP contribution in [0.3, 0.4) is 0 Å². The molecule has 1 spiro atoms. The molecule has 2 fully saturated rings. The summed E-state index contributed by atoms with van der Waals surface area (Å²) < 4.78 is 17.5. The number of rotatable bonds is 6. The first-order valence-electron chi connectivity index (χ1n) is 12.5. The number of amides is 2. The van der Waals surface area contributed by atoms with Crippen molar-refractivity contribution >= 4 is 23.5 Å². The van der Waals surface area contributed by atoms with Gasteiger partial charge in [0, 0.05) is 12.2 Å². The zero-order chi connectivity index (χ0) is 25.7. The third kappa shape index (κ3) is 3.33. The van der Waals surface area contributed by atoms with Gasteiger partial charge in [-0.05, 0) is 43.2 Å². The van der Waals surface area contributed by atoms with Crippen LogP contribution < -0.4 is 9.64 Å². The van der Waals surface area contributed by atoms with Crippen LogP contribution in [0, 0.1) is 11.8 Å². The number of likely N-dealkylation sites (tertiary alicyclic amines) is 1. The van der Waals surface area contributed by atoms with E-state index >= 15 is 0 Å². The van der Waals surface area contributed by atoms with Crippen molar-refractivity contribution < 1.29 is 33.7 Å². The third-order valence-corrected chi connectivity index (χ3v) is 8.09. The lowest BCUT2D eigenvalue weighted by atomic mass is 9.73. The molecule has 1 unspecified atom stereocenters. The molecule has 0 radical (unpaired) electrons. The summed E-state index contributed by atoms with van der Waals surface area (Å²) in [5.41, 5.74) is -1.80. The minimum atomic E-state index is -1.38. The highest BCUT2D eigenvalue weighted by molar-refractivity contribution is 6.05. The van der Waals surface area contributed by atoms with Crippen LogP contribution in [0.1, 0.15) is 26.7 Å². The quantitative estimate of drug-likeness (QED) is 0.473. The highest BCUT2D eigenvalue weighted by Crippen LogP contribution is 2.58. The van der Waals surface area contributed by atoms with Gasteiger partial charge in [-0.1, -0.05) is 32.1 Å².